The highest BCUT2D eigenvalue weighted by Crippen LogP contribution is 2.47. The van der Waals surface area contributed by atoms with Gasteiger partial charge in [0.15, 0.2) is 62.4 Å². The molecule has 47 heteroatoms. The van der Waals surface area contributed by atoms with Crippen molar-refractivity contribution in [3.8, 4) is 56.3 Å². The molecule has 0 fully saturated rings. The highest BCUT2D eigenvalue weighted by Gasteiger charge is 2.39. The van der Waals surface area contributed by atoms with Crippen molar-refractivity contribution in [2.45, 2.75) is 129 Å². The van der Waals surface area contributed by atoms with Gasteiger partial charge in [-0.25, -0.2) is 83.5 Å². The summed E-state index contributed by atoms with van der Waals surface area (Å²) < 4.78 is 134. The van der Waals surface area contributed by atoms with Gasteiger partial charge in [-0.2, -0.15) is 0 Å². The minimum absolute atomic E-state index is 0. The van der Waals surface area contributed by atoms with E-state index in [2.05, 4.69) is 121 Å². The number of nitrogens with zero attached hydrogens (tertiary/aromatic N) is 20. The molecule has 8 N–H and O–H groups in total. The number of aliphatic hydroxyl groups is 1. The zero-order valence-corrected chi connectivity index (χ0v) is 71.3. The number of fused-ring (bicyclic) bond motifs is 13. The molecule has 37 nitrogen and oxygen atoms in total. The average molecular weight is 1950 g/mol. The number of rotatable bonds is 8. The molecule has 0 saturated carbocycles. The predicted molar refractivity (Wildman–Crippen MR) is 459 cm³/mol. The van der Waals surface area contributed by atoms with Gasteiger partial charge in [-0.05, 0) is 63.6 Å². The topological polar surface area (TPSA) is 533 Å². The summed E-state index contributed by atoms with van der Waals surface area (Å²) in [5.74, 6) is 2.05. The van der Waals surface area contributed by atoms with Gasteiger partial charge in [0.05, 0.1) is 54.3 Å². The van der Waals surface area contributed by atoms with Crippen LogP contribution in [0.15, 0.2) is 73.8 Å². The maximum Gasteiger partial charge on any atom is 0.184 e. The molecule has 0 amide bonds. The molecule has 0 aliphatic carbocycles. The summed E-state index contributed by atoms with van der Waals surface area (Å²) in [5, 5.41) is 34.3. The number of aromatic nitrogens is 20. The Kier molecular flexibility index (Phi) is 30.0. The molecule has 0 aromatic carbocycles. The molecule has 632 valence electrons. The summed E-state index contributed by atoms with van der Waals surface area (Å²) in [6.07, 6.45) is 10.7. The molecular weight excluding hydrogens is 1870 g/mol. The van der Waals surface area contributed by atoms with Crippen molar-refractivity contribution in [2.75, 3.05) is 29.8 Å². The highest BCUT2D eigenvalue weighted by atomic mass is 127. The number of anilines is 1. The van der Waals surface area contributed by atoms with E-state index in [1.165, 1.54) is 38.6 Å². The van der Waals surface area contributed by atoms with Gasteiger partial charge < -0.3 is 67.9 Å². The van der Waals surface area contributed by atoms with Gasteiger partial charge >= 0.3 is 0 Å². The third-order valence-corrected chi connectivity index (χ3v) is 27.8. The zero-order valence-electron chi connectivity index (χ0n) is 61.2. The van der Waals surface area contributed by atoms with Gasteiger partial charge in [0.1, 0.15) is 140 Å². The lowest BCUT2D eigenvalue weighted by molar-refractivity contribution is 0.273. The summed E-state index contributed by atoms with van der Waals surface area (Å²) in [5.41, 5.74) is 18.0. The minimum atomic E-state index is -3.60. The van der Waals surface area contributed by atoms with Crippen LogP contribution in [0.25, 0.3) is 111 Å². The average Bonchev–Trinajstić information content (AvgIpc) is 1.57. The molecule has 0 atom stereocenters. The second-order valence-electron chi connectivity index (χ2n) is 25.2. The Hall–Kier alpha value is -9.00. The quantitative estimate of drug-likeness (QED) is 0.0722. The summed E-state index contributed by atoms with van der Waals surface area (Å²) in [4.78, 5) is 41.6. The van der Waals surface area contributed by atoms with Crippen LogP contribution in [0.4, 0.5) is 5.82 Å². The van der Waals surface area contributed by atoms with Gasteiger partial charge in [0.2, 0.25) is 0 Å². The van der Waals surface area contributed by atoms with Crippen LogP contribution in [-0.2, 0) is 106 Å². The number of alkyl halides is 1. The molecule has 0 radical (unpaired) electrons. The van der Waals surface area contributed by atoms with E-state index in [0.29, 0.717) is 113 Å². The van der Waals surface area contributed by atoms with E-state index in [9.17, 15) is 38.8 Å². The Morgan fingerprint density at radius 3 is 1.12 bits per heavy atom. The molecule has 17 rings (SSSR count). The summed E-state index contributed by atoms with van der Waals surface area (Å²) >= 11 is 30.6. The summed E-state index contributed by atoms with van der Waals surface area (Å²) in [7, 11) is -4.89. The van der Waals surface area contributed by atoms with E-state index >= 15 is 0 Å². The normalized spacial score (nSPS) is 12.9. The van der Waals surface area contributed by atoms with E-state index in [1.807, 2.05) is 53.4 Å². The van der Waals surface area contributed by atoms with Crippen molar-refractivity contribution in [1.29, 1.82) is 0 Å². The Morgan fingerprint density at radius 2 is 0.761 bits per heavy atom. The molecule has 0 spiro atoms. The lowest BCUT2D eigenvalue weighted by atomic mass is 10.1. The number of halogens is 6. The van der Waals surface area contributed by atoms with Gasteiger partial charge in [-0.3, -0.25) is 0 Å². The number of nitrogen functional groups attached to an aromatic ring is 1. The van der Waals surface area contributed by atoms with Gasteiger partial charge in [0.25, 0.3) is 0 Å². The summed E-state index contributed by atoms with van der Waals surface area (Å²) in [6, 6.07) is 0. The van der Waals surface area contributed by atoms with E-state index in [1.54, 1.807) is 32.4 Å². The monoisotopic (exact) mass is 1950 g/mol. The fourth-order valence-electron chi connectivity index (χ4n) is 13.9. The van der Waals surface area contributed by atoms with Gasteiger partial charge in [0, 0.05) is 117 Å². The fourth-order valence-corrected chi connectivity index (χ4v) is 21.1. The molecule has 2 aliphatic heterocycles. The van der Waals surface area contributed by atoms with Crippen molar-refractivity contribution in [3.63, 3.8) is 0 Å². The Labute approximate surface area is 714 Å². The lowest BCUT2D eigenvalue weighted by Gasteiger charge is -2.04. The van der Waals surface area contributed by atoms with Crippen molar-refractivity contribution in [1.82, 2.24) is 105 Å². The fraction of sp³-hybridized carbons (Fsp3) is 0.357. The van der Waals surface area contributed by atoms with Crippen LogP contribution in [0.3, 0.4) is 0 Å². The molecule has 15 aromatic rings. The third kappa shape index (κ3) is 16.4. The van der Waals surface area contributed by atoms with E-state index in [-0.39, 0.29) is 136 Å². The first-order chi connectivity index (χ1) is 51.9. The molecule has 0 unspecified atom stereocenters. The second-order valence-corrected chi connectivity index (χ2v) is 36.3. The lowest BCUT2D eigenvalue weighted by Crippen LogP contribution is -2.09. The minimum Gasteiger partial charge on any atom is -0.412 e. The van der Waals surface area contributed by atoms with Crippen molar-refractivity contribution in [2.24, 2.45) is 35.2 Å². The van der Waals surface area contributed by atoms with Gasteiger partial charge in [-0.15, -0.1) is 0 Å². The van der Waals surface area contributed by atoms with Crippen LogP contribution >= 0.6 is 84.9 Å². The maximum atomic E-state index is 12.5. The zero-order chi connectivity index (χ0) is 79.6. The molecule has 0 saturated heterocycles. The molecule has 2 aliphatic rings. The first kappa shape index (κ1) is 96.8. The van der Waals surface area contributed by atoms with Crippen LogP contribution < -0.4 is 11.9 Å². The smallest absolute Gasteiger partial charge is 0.184 e. The highest BCUT2D eigenvalue weighted by molar-refractivity contribution is 14.1. The van der Waals surface area contributed by atoms with Gasteiger partial charge in [-0.1, -0.05) is 132 Å². The van der Waals surface area contributed by atoms with E-state index in [4.69, 9.17) is 74.8 Å². The largest absolute Gasteiger partial charge is 0.412 e. The molecular formula is C70H86BrCl4IN22O15S4. The third-order valence-electron chi connectivity index (χ3n) is 18.7. The predicted octanol–water partition coefficient (Wildman–Crippen LogP) is 13.4. The van der Waals surface area contributed by atoms with Crippen LogP contribution in [0.2, 0.25) is 20.6 Å². The number of aryl methyl sites for hydroxylation is 10. The Bertz CT molecular complexity index is 6470. The first-order valence-corrected chi connectivity index (χ1v) is 43.2. The van der Waals surface area contributed by atoms with Crippen molar-refractivity contribution in [3.05, 3.63) is 113 Å². The number of sulfone groups is 4. The number of nitrogens with two attached hydrogens (primary N) is 1. The number of hydrogen-bond acceptors (Lipinski definition) is 31. The van der Waals surface area contributed by atoms with Crippen LogP contribution in [0.5, 0.6) is 0 Å². The molecule has 15 aromatic heterocycles. The Balaban J connectivity index is 0.000000224. The number of aliphatic hydroxyl groups excluding tert-OH is 1. The number of hydrogen-bond donors (Lipinski definition) is 3. The van der Waals surface area contributed by atoms with Crippen LogP contribution in [0.1, 0.15) is 101 Å². The van der Waals surface area contributed by atoms with Crippen molar-refractivity contribution >= 4 is 185 Å². The molecule has 17 heterocycles. The Morgan fingerprint density at radius 1 is 0.462 bits per heavy atom. The van der Waals surface area contributed by atoms with E-state index in [0.717, 1.165) is 73.3 Å². The molecule has 0 bridgehead atoms. The maximum absolute atomic E-state index is 12.5. The van der Waals surface area contributed by atoms with Crippen molar-refractivity contribution < 1.29 is 66.9 Å². The van der Waals surface area contributed by atoms with Crippen LogP contribution in [0, 0.1) is 38.2 Å². The SMILES string of the molecule is C.C.C.C.C.CCc1c(-c2noc(C)c2I)c2c(Cl)ncnc2n1C.Cc1onc(-c2c(CBr)n(C)c3ncnc(Cl)c23)c1S(C)(=O)=O.Cc1onc(-c2c(CO)n(C)c3ncnc(Cl)c23)c1S(C)(=O)=O.Cc1onc2c1S(=O)(=O)CCc1c-2c2c(Cl)ncnc2n1C.Cc1onc2c1S(=O)(=O)CCc1c-2c2c(N)ncnc2n1C.N.O. The second kappa shape index (κ2) is 36.3. The van der Waals surface area contributed by atoms with E-state index < -0.39 is 39.3 Å². The summed E-state index contributed by atoms with van der Waals surface area (Å²) in [6.45, 7) is 9.90. The van der Waals surface area contributed by atoms with Crippen LogP contribution in [-0.4, -0.2) is 167 Å². The standard InChI is InChI=1S/C13H12BrClN4O3S.C13H12ClIN4O.C13H13ClN4O4S.C13H11ClN4O3S.C13H13N5O3S.5CH4.H3N.H2O/c1-6-11(23(3,20)21)10(18-22-6)8-7(4-14)19(2)13-9(8)12(15)16-5-17-13;1-4-7-8(11-10(15)6(2)20-18-11)9-12(14)16-5-17-13(9)19(7)3;1-6-11(23(3,20)21)10(17-22-6)8-7(4-19)18(2)13-9(8)12(14)15-5-16-13;2*1-6-11-10(17-21-6)8-7(3-4-22(11,19)20)18(2)13-9(8)12(14)15-5-16-13;;;;;;;/h5H,4H2,1-3H3;5H,4H2,1-3H3;5,19H,4H2,1-3H3;5H,3-4H2,1-2H3;5H,3-4H2,1-2H3,(H2,14,15,16);5*1H4;1H3;1H2. The first-order valence-electron chi connectivity index (χ1n) is 32.4. The molecule has 117 heavy (non-hydrogen) atoms.